The van der Waals surface area contributed by atoms with Gasteiger partial charge < -0.3 is 4.74 Å². The van der Waals surface area contributed by atoms with Gasteiger partial charge in [-0.05, 0) is 18.2 Å². The second-order valence-electron chi connectivity index (χ2n) is 1.93. The van der Waals surface area contributed by atoms with E-state index in [1.165, 1.54) is 13.2 Å². The number of hydrogen-bond acceptors (Lipinski definition) is 2. The minimum atomic E-state index is -0.426. The van der Waals surface area contributed by atoms with Crippen LogP contribution in [0.25, 0.3) is 0 Å². The van der Waals surface area contributed by atoms with Gasteiger partial charge >= 0.3 is 5.97 Å². The molecule has 0 aliphatic carbocycles. The summed E-state index contributed by atoms with van der Waals surface area (Å²) in [7, 11) is 1.31. The lowest BCUT2D eigenvalue weighted by Gasteiger charge is -1.97. The van der Waals surface area contributed by atoms with Crippen molar-refractivity contribution in [3.8, 4) is 0 Å². The Morgan fingerprint density at radius 2 is 2.45 bits per heavy atom. The first-order chi connectivity index (χ1) is 5.63. The Hall–Kier alpha value is -0.830. The summed E-state index contributed by atoms with van der Waals surface area (Å²) < 4.78 is 12.5. The third-order valence-electron chi connectivity index (χ3n) is 1.17. The second-order valence-corrected chi connectivity index (χ2v) is 2.85. The van der Waals surface area contributed by atoms with Gasteiger partial charge in [0.15, 0.2) is 0 Å². The van der Waals surface area contributed by atoms with E-state index >= 15 is 0 Å². The average Bonchev–Trinajstić information content (AvgIpc) is 2.01. The molecule has 1 aromatic rings. The average molecular weight is 216 g/mol. The highest BCUT2D eigenvalue weighted by Gasteiger charge is 2.03. The van der Waals surface area contributed by atoms with Crippen LogP contribution >= 0.6 is 15.9 Å². The molecule has 0 bridgehead atoms. The molecule has 1 aromatic carbocycles. The van der Waals surface area contributed by atoms with E-state index in [4.69, 9.17) is 1.37 Å². The summed E-state index contributed by atoms with van der Waals surface area (Å²) in [4.78, 5) is 11.0. The first-order valence-corrected chi connectivity index (χ1v) is 3.78. The van der Waals surface area contributed by atoms with Crippen molar-refractivity contribution in [1.29, 1.82) is 0 Å². The highest BCUT2D eigenvalue weighted by Crippen LogP contribution is 2.11. The Bertz CT molecular complexity index is 292. The van der Waals surface area contributed by atoms with Crippen molar-refractivity contribution in [2.75, 3.05) is 7.11 Å². The van der Waals surface area contributed by atoms with Crippen LogP contribution in [0, 0.1) is 0 Å². The summed E-state index contributed by atoms with van der Waals surface area (Å²) in [6.07, 6.45) is 0. The van der Waals surface area contributed by atoms with Gasteiger partial charge in [0, 0.05) is 4.47 Å². The Morgan fingerprint density at radius 3 is 3.00 bits per heavy atom. The van der Waals surface area contributed by atoms with Crippen LogP contribution < -0.4 is 0 Å². The van der Waals surface area contributed by atoms with E-state index in [-0.39, 0.29) is 6.04 Å². The summed E-state index contributed by atoms with van der Waals surface area (Å²) in [6.45, 7) is 0. The first kappa shape index (κ1) is 6.85. The molecule has 3 heteroatoms. The van der Waals surface area contributed by atoms with Crippen molar-refractivity contribution in [3.63, 3.8) is 0 Å². The number of halogens is 1. The third kappa shape index (κ3) is 2.05. The zero-order valence-electron chi connectivity index (χ0n) is 6.93. The van der Waals surface area contributed by atoms with Crippen molar-refractivity contribution < 1.29 is 10.9 Å². The summed E-state index contributed by atoms with van der Waals surface area (Å²) in [5.74, 6) is -0.426. The van der Waals surface area contributed by atoms with Crippen molar-refractivity contribution in [3.05, 3.63) is 34.3 Å². The van der Waals surface area contributed by atoms with Crippen LogP contribution in [0.15, 0.2) is 28.7 Å². The predicted octanol–water partition coefficient (Wildman–Crippen LogP) is 2.24. The van der Waals surface area contributed by atoms with Gasteiger partial charge in [-0.1, -0.05) is 22.0 Å². The van der Waals surface area contributed by atoms with Gasteiger partial charge in [0.05, 0.1) is 14.0 Å². The van der Waals surface area contributed by atoms with E-state index in [9.17, 15) is 4.79 Å². The number of methoxy groups -OCH3 is 1. The van der Waals surface area contributed by atoms with E-state index in [0.29, 0.717) is 10.0 Å². The number of benzene rings is 1. The van der Waals surface area contributed by atoms with Crippen molar-refractivity contribution in [1.82, 2.24) is 0 Å². The molecule has 0 aliphatic heterocycles. The van der Waals surface area contributed by atoms with Gasteiger partial charge in [-0.25, -0.2) is 4.79 Å². The van der Waals surface area contributed by atoms with Crippen LogP contribution in [0.5, 0.6) is 0 Å². The van der Waals surface area contributed by atoms with Crippen LogP contribution in [-0.2, 0) is 4.74 Å². The predicted molar refractivity (Wildman–Crippen MR) is 45.5 cm³/mol. The van der Waals surface area contributed by atoms with Crippen LogP contribution in [0.1, 0.15) is 11.7 Å². The first-order valence-electron chi connectivity index (χ1n) is 3.49. The van der Waals surface area contributed by atoms with E-state index in [2.05, 4.69) is 20.7 Å². The monoisotopic (exact) mass is 215 g/mol. The van der Waals surface area contributed by atoms with Gasteiger partial charge in [-0.2, -0.15) is 0 Å². The van der Waals surface area contributed by atoms with Gasteiger partial charge in [-0.15, -0.1) is 0 Å². The topological polar surface area (TPSA) is 26.3 Å². The standard InChI is InChI=1S/C8H7BrO2/c1-11-8(10)6-3-2-4-7(9)5-6/h2-5H,1H3/i2D. The molecule has 0 atom stereocenters. The molecule has 0 saturated heterocycles. The Balaban J connectivity index is 3.08. The van der Waals surface area contributed by atoms with Crippen LogP contribution in [0.2, 0.25) is 0 Å². The quantitative estimate of drug-likeness (QED) is 0.673. The maximum absolute atomic E-state index is 11.0. The lowest BCUT2D eigenvalue weighted by Crippen LogP contribution is -2.00. The summed E-state index contributed by atoms with van der Waals surface area (Å²) in [5.41, 5.74) is 0.386. The fourth-order valence-corrected chi connectivity index (χ4v) is 1.06. The molecule has 58 valence electrons. The van der Waals surface area contributed by atoms with Crippen molar-refractivity contribution >= 4 is 21.9 Å². The normalized spacial score (nSPS) is 10.5. The molecular weight excluding hydrogens is 208 g/mol. The molecule has 11 heavy (non-hydrogen) atoms. The molecule has 0 amide bonds. The number of esters is 1. The zero-order valence-corrected chi connectivity index (χ0v) is 7.51. The molecule has 0 spiro atoms. The summed E-state index contributed by atoms with van der Waals surface area (Å²) in [6, 6.07) is 4.96. The SMILES string of the molecule is [2H]c1cc(Br)cc(C(=O)OC)c1. The lowest BCUT2D eigenvalue weighted by atomic mass is 10.2. The lowest BCUT2D eigenvalue weighted by molar-refractivity contribution is 0.0600. The molecule has 0 radical (unpaired) electrons. The van der Waals surface area contributed by atoms with Crippen molar-refractivity contribution in [2.24, 2.45) is 0 Å². The fraction of sp³-hybridized carbons (Fsp3) is 0.125. The number of carbonyl (C=O) groups is 1. The Labute approximate surface area is 74.7 Å². The van der Waals surface area contributed by atoms with Gasteiger partial charge in [-0.3, -0.25) is 0 Å². The van der Waals surface area contributed by atoms with E-state index < -0.39 is 5.97 Å². The summed E-state index contributed by atoms with van der Waals surface area (Å²) in [5, 5.41) is 0. The number of ether oxygens (including phenoxy) is 1. The molecule has 0 aliphatic rings. The third-order valence-corrected chi connectivity index (χ3v) is 1.63. The number of rotatable bonds is 1. The van der Waals surface area contributed by atoms with Gasteiger partial charge in [0.1, 0.15) is 0 Å². The van der Waals surface area contributed by atoms with Crippen LogP contribution in [0.4, 0.5) is 0 Å². The van der Waals surface area contributed by atoms with Crippen LogP contribution in [-0.4, -0.2) is 13.1 Å². The molecule has 2 nitrogen and oxygen atoms in total. The smallest absolute Gasteiger partial charge is 0.337 e. The molecule has 0 aromatic heterocycles. The Kier molecular flexibility index (Phi) is 2.20. The number of hydrogen-bond donors (Lipinski definition) is 0. The minimum Gasteiger partial charge on any atom is -0.465 e. The molecule has 1 rings (SSSR count). The maximum atomic E-state index is 11.0. The molecule has 0 unspecified atom stereocenters. The largest absolute Gasteiger partial charge is 0.465 e. The zero-order chi connectivity index (χ0) is 9.14. The van der Waals surface area contributed by atoms with E-state index in [1.54, 1.807) is 12.1 Å². The van der Waals surface area contributed by atoms with Crippen LogP contribution in [0.3, 0.4) is 0 Å². The minimum absolute atomic E-state index is 0.282. The molecular formula is C8H7BrO2. The van der Waals surface area contributed by atoms with Gasteiger partial charge in [0.2, 0.25) is 0 Å². The van der Waals surface area contributed by atoms with E-state index in [1.807, 2.05) is 0 Å². The van der Waals surface area contributed by atoms with Gasteiger partial charge in [0.25, 0.3) is 0 Å². The van der Waals surface area contributed by atoms with Crippen molar-refractivity contribution in [2.45, 2.75) is 0 Å². The maximum Gasteiger partial charge on any atom is 0.337 e. The molecule has 0 fully saturated rings. The van der Waals surface area contributed by atoms with E-state index in [0.717, 1.165) is 0 Å². The highest BCUT2D eigenvalue weighted by molar-refractivity contribution is 9.10. The summed E-state index contributed by atoms with van der Waals surface area (Å²) >= 11 is 3.18. The second kappa shape index (κ2) is 3.53. The Morgan fingerprint density at radius 1 is 1.73 bits per heavy atom. The molecule has 0 heterocycles. The molecule has 0 saturated carbocycles. The number of carbonyl (C=O) groups excluding carboxylic acids is 1. The highest BCUT2D eigenvalue weighted by atomic mass is 79.9. The fourth-order valence-electron chi connectivity index (χ4n) is 0.679. The molecule has 0 N–H and O–H groups in total.